The molecule has 1 N–H and O–H groups in total. The van der Waals surface area contributed by atoms with Crippen molar-refractivity contribution in [2.24, 2.45) is 5.92 Å². The molecule has 1 nitrogen and oxygen atoms in total. The summed E-state index contributed by atoms with van der Waals surface area (Å²) in [4.78, 5) is 0. The molecule has 0 spiro atoms. The topological polar surface area (TPSA) is 20.2 Å². The Morgan fingerprint density at radius 3 is 2.27 bits per heavy atom. The molecule has 0 saturated carbocycles. The van der Waals surface area contributed by atoms with E-state index >= 15 is 0 Å². The number of aliphatic hydroxyl groups excluding tert-OH is 1. The lowest BCUT2D eigenvalue weighted by Gasteiger charge is -2.18. The highest BCUT2D eigenvalue weighted by Crippen LogP contribution is 2.39. The highest BCUT2D eigenvalue weighted by Gasteiger charge is 2.24. The molecular weight excluding hydrogens is 254 g/mol. The van der Waals surface area contributed by atoms with Crippen LogP contribution in [0.3, 0.4) is 0 Å². The van der Waals surface area contributed by atoms with Gasteiger partial charge >= 0.3 is 0 Å². The van der Waals surface area contributed by atoms with Gasteiger partial charge in [-0.3, -0.25) is 0 Å². The molecule has 0 heterocycles. The van der Waals surface area contributed by atoms with E-state index in [1.165, 1.54) is 0 Å². The molecule has 1 rings (SSSR count). The number of rotatable bonds is 2. The standard InChI is InChI=1S/C11H13Cl3O/c1-7(2)10(15)8-4-3-5-9(6-8)11(12,13)14/h3-7,10,15H,1-2H3. The predicted octanol–water partition coefficient (Wildman–Crippen LogP) is 4.20. The quantitative estimate of drug-likeness (QED) is 0.796. The fourth-order valence-corrected chi connectivity index (χ4v) is 1.64. The number of halogens is 3. The number of alkyl halides is 3. The van der Waals surface area contributed by atoms with Gasteiger partial charge in [0.15, 0.2) is 0 Å². The number of benzene rings is 1. The van der Waals surface area contributed by atoms with Gasteiger partial charge in [-0.05, 0) is 17.5 Å². The summed E-state index contributed by atoms with van der Waals surface area (Å²) < 4.78 is -1.44. The summed E-state index contributed by atoms with van der Waals surface area (Å²) in [6.45, 7) is 3.87. The van der Waals surface area contributed by atoms with E-state index in [9.17, 15) is 5.11 Å². The summed E-state index contributed by atoms with van der Waals surface area (Å²) in [6, 6.07) is 7.05. The third-order valence-corrected chi connectivity index (χ3v) is 2.84. The molecule has 84 valence electrons. The minimum Gasteiger partial charge on any atom is -0.388 e. The Balaban J connectivity index is 3.03. The zero-order valence-corrected chi connectivity index (χ0v) is 10.8. The van der Waals surface area contributed by atoms with Crippen LogP contribution in [0.4, 0.5) is 0 Å². The lowest BCUT2D eigenvalue weighted by molar-refractivity contribution is 0.127. The maximum Gasteiger partial charge on any atom is 0.216 e. The Kier molecular flexibility index (Phi) is 4.30. The highest BCUT2D eigenvalue weighted by molar-refractivity contribution is 6.66. The van der Waals surface area contributed by atoms with Gasteiger partial charge < -0.3 is 5.11 Å². The van der Waals surface area contributed by atoms with Crippen LogP contribution >= 0.6 is 34.8 Å². The molecule has 1 atom stereocenters. The second-order valence-electron chi connectivity index (χ2n) is 3.81. The Hall–Kier alpha value is 0.0500. The van der Waals surface area contributed by atoms with E-state index in [1.807, 2.05) is 19.9 Å². The van der Waals surface area contributed by atoms with Crippen molar-refractivity contribution in [2.45, 2.75) is 23.7 Å². The fraction of sp³-hybridized carbons (Fsp3) is 0.455. The summed E-state index contributed by atoms with van der Waals surface area (Å²) in [5.74, 6) is 0.135. The highest BCUT2D eigenvalue weighted by atomic mass is 35.6. The molecule has 1 aromatic carbocycles. The molecule has 0 fully saturated rings. The van der Waals surface area contributed by atoms with Crippen molar-refractivity contribution < 1.29 is 5.11 Å². The largest absolute Gasteiger partial charge is 0.388 e. The van der Waals surface area contributed by atoms with Crippen molar-refractivity contribution in [3.05, 3.63) is 35.4 Å². The second-order valence-corrected chi connectivity index (χ2v) is 6.09. The number of aliphatic hydroxyl groups is 1. The van der Waals surface area contributed by atoms with Gasteiger partial charge in [-0.25, -0.2) is 0 Å². The number of hydrogen-bond acceptors (Lipinski definition) is 1. The molecule has 1 unspecified atom stereocenters. The second kappa shape index (κ2) is 4.92. The van der Waals surface area contributed by atoms with Gasteiger partial charge in [0, 0.05) is 5.56 Å². The van der Waals surface area contributed by atoms with E-state index in [0.717, 1.165) is 5.56 Å². The summed E-state index contributed by atoms with van der Waals surface area (Å²) in [5, 5.41) is 9.86. The molecule has 4 heteroatoms. The van der Waals surface area contributed by atoms with Gasteiger partial charge in [-0.2, -0.15) is 0 Å². The van der Waals surface area contributed by atoms with Crippen LogP contribution in [0.1, 0.15) is 31.1 Å². The molecule has 0 aliphatic carbocycles. The Morgan fingerprint density at radius 2 is 1.80 bits per heavy atom. The average molecular weight is 268 g/mol. The van der Waals surface area contributed by atoms with Crippen LogP contribution in [0.15, 0.2) is 24.3 Å². The third kappa shape index (κ3) is 3.53. The first-order valence-corrected chi connectivity index (χ1v) is 5.81. The molecule has 15 heavy (non-hydrogen) atoms. The zero-order valence-electron chi connectivity index (χ0n) is 8.55. The molecule has 0 aromatic heterocycles. The summed E-state index contributed by atoms with van der Waals surface area (Å²) in [5.41, 5.74) is 1.35. The Bertz CT molecular complexity index is 331. The SMILES string of the molecule is CC(C)C(O)c1cccc(C(Cl)(Cl)Cl)c1. The van der Waals surface area contributed by atoms with Crippen LogP contribution in [0.25, 0.3) is 0 Å². The van der Waals surface area contributed by atoms with Crippen LogP contribution in [0, 0.1) is 5.92 Å². The monoisotopic (exact) mass is 266 g/mol. The molecule has 0 bridgehead atoms. The van der Waals surface area contributed by atoms with Gasteiger partial charge in [0.2, 0.25) is 3.79 Å². The van der Waals surface area contributed by atoms with Crippen molar-refractivity contribution in [3.63, 3.8) is 0 Å². The zero-order chi connectivity index (χ0) is 11.6. The van der Waals surface area contributed by atoms with Crippen LogP contribution in [0.5, 0.6) is 0 Å². The fourth-order valence-electron chi connectivity index (χ4n) is 1.28. The van der Waals surface area contributed by atoms with Crippen molar-refractivity contribution in [1.82, 2.24) is 0 Å². The van der Waals surface area contributed by atoms with Gasteiger partial charge in [-0.1, -0.05) is 66.8 Å². The van der Waals surface area contributed by atoms with Crippen LogP contribution in [-0.2, 0) is 3.79 Å². The summed E-state index contributed by atoms with van der Waals surface area (Å²) in [7, 11) is 0. The summed E-state index contributed by atoms with van der Waals surface area (Å²) in [6.07, 6.45) is -0.530. The molecule has 0 aliphatic heterocycles. The Morgan fingerprint density at radius 1 is 1.20 bits per heavy atom. The van der Waals surface area contributed by atoms with Crippen molar-refractivity contribution >= 4 is 34.8 Å². The van der Waals surface area contributed by atoms with Crippen molar-refractivity contribution in [2.75, 3.05) is 0 Å². The normalized spacial score (nSPS) is 14.3. The van der Waals surface area contributed by atoms with Crippen LogP contribution in [0.2, 0.25) is 0 Å². The molecule has 0 aliphatic rings. The summed E-state index contributed by atoms with van der Waals surface area (Å²) >= 11 is 17.3. The van der Waals surface area contributed by atoms with Crippen LogP contribution < -0.4 is 0 Å². The molecule has 0 amide bonds. The first-order valence-electron chi connectivity index (χ1n) is 4.67. The van der Waals surface area contributed by atoms with Crippen molar-refractivity contribution in [3.8, 4) is 0 Å². The minimum absolute atomic E-state index is 0.135. The van der Waals surface area contributed by atoms with E-state index < -0.39 is 9.90 Å². The maximum atomic E-state index is 9.86. The van der Waals surface area contributed by atoms with E-state index in [2.05, 4.69) is 0 Å². The van der Waals surface area contributed by atoms with E-state index in [-0.39, 0.29) is 5.92 Å². The minimum atomic E-state index is -1.44. The number of hydrogen-bond donors (Lipinski definition) is 1. The van der Waals surface area contributed by atoms with E-state index in [1.54, 1.807) is 18.2 Å². The lowest BCUT2D eigenvalue weighted by atomic mass is 9.98. The molecule has 0 radical (unpaired) electrons. The third-order valence-electron chi connectivity index (χ3n) is 2.19. The maximum absolute atomic E-state index is 9.86. The van der Waals surface area contributed by atoms with E-state index in [4.69, 9.17) is 34.8 Å². The van der Waals surface area contributed by atoms with Gasteiger partial charge in [0.05, 0.1) is 6.10 Å². The molecular formula is C11H13Cl3O. The van der Waals surface area contributed by atoms with Crippen LogP contribution in [-0.4, -0.2) is 5.11 Å². The van der Waals surface area contributed by atoms with E-state index in [0.29, 0.717) is 5.56 Å². The average Bonchev–Trinajstić information content (AvgIpc) is 2.15. The molecule has 1 aromatic rings. The Labute approximate surface area is 105 Å². The van der Waals surface area contributed by atoms with Crippen molar-refractivity contribution in [1.29, 1.82) is 0 Å². The lowest BCUT2D eigenvalue weighted by Crippen LogP contribution is -2.07. The van der Waals surface area contributed by atoms with Gasteiger partial charge in [0.1, 0.15) is 0 Å². The first-order chi connectivity index (χ1) is 6.82. The molecule has 0 saturated heterocycles. The smallest absolute Gasteiger partial charge is 0.216 e. The predicted molar refractivity (Wildman–Crippen MR) is 65.5 cm³/mol. The van der Waals surface area contributed by atoms with Gasteiger partial charge in [-0.15, -0.1) is 0 Å². The van der Waals surface area contributed by atoms with Gasteiger partial charge in [0.25, 0.3) is 0 Å². The first kappa shape index (κ1) is 13.1.